The molecule has 0 N–H and O–H groups in total. The standard InChI is InChI=1S/Mn.Ni.4H2O4S.Zr/c;;4*1-5(2,3)4;/h;;4*(H2,1,2,3,4);/q2*+2;;;;;+4/p-8. The Kier molecular flexibility index (Phi) is 34.9. The minimum Gasteiger partial charge on any atom is -0.759 e. The van der Waals surface area contributed by atoms with E-state index in [1.54, 1.807) is 0 Å². The molecular formula is MnNiO16S4Zr. The van der Waals surface area contributed by atoms with Gasteiger partial charge in [0.05, 0.1) is 0 Å². The van der Waals surface area contributed by atoms with Gasteiger partial charge in [0.15, 0.2) is 0 Å². The van der Waals surface area contributed by atoms with Gasteiger partial charge in [0.25, 0.3) is 0 Å². The van der Waals surface area contributed by atoms with Gasteiger partial charge in [0.2, 0.25) is 0 Å². The third-order valence-electron chi connectivity index (χ3n) is 0. The molecule has 1 radical (unpaired) electrons. The molecule has 0 aromatic carbocycles. The van der Waals surface area contributed by atoms with Gasteiger partial charge >= 0.3 is 59.8 Å². The van der Waals surface area contributed by atoms with Crippen LogP contribution in [0.4, 0.5) is 0 Å². The van der Waals surface area contributed by atoms with Gasteiger partial charge in [0.1, 0.15) is 0 Å². The van der Waals surface area contributed by atoms with Crippen molar-refractivity contribution in [2.75, 3.05) is 0 Å². The summed E-state index contributed by atoms with van der Waals surface area (Å²) in [4.78, 5) is 0. The van der Waals surface area contributed by atoms with E-state index in [2.05, 4.69) is 0 Å². The summed E-state index contributed by atoms with van der Waals surface area (Å²) in [5.74, 6) is 0. The number of hydrogen-bond acceptors (Lipinski definition) is 16. The van der Waals surface area contributed by atoms with E-state index in [1.165, 1.54) is 0 Å². The summed E-state index contributed by atoms with van der Waals surface area (Å²) in [5.41, 5.74) is 0. The molecule has 0 aromatic rings. The van der Waals surface area contributed by atoms with Crippen molar-refractivity contribution in [1.29, 1.82) is 0 Å². The Morgan fingerprint density at radius 3 is 0.391 bits per heavy atom. The quantitative estimate of drug-likeness (QED) is 0.145. The molecule has 141 valence electrons. The van der Waals surface area contributed by atoms with Crippen molar-refractivity contribution in [1.82, 2.24) is 0 Å². The summed E-state index contributed by atoms with van der Waals surface area (Å²) >= 11 is 0. The van der Waals surface area contributed by atoms with Gasteiger partial charge in [-0.15, -0.1) is 0 Å². The summed E-state index contributed by atoms with van der Waals surface area (Å²) in [6.45, 7) is 0. The zero-order valence-corrected chi connectivity index (χ0v) is 17.3. The van der Waals surface area contributed by atoms with E-state index in [0.29, 0.717) is 0 Å². The molecule has 0 heterocycles. The van der Waals surface area contributed by atoms with E-state index in [0.717, 1.165) is 0 Å². The maximum Gasteiger partial charge on any atom is 4.00 e. The van der Waals surface area contributed by atoms with Crippen LogP contribution in [0.25, 0.3) is 0 Å². The van der Waals surface area contributed by atoms with Crippen LogP contribution in [-0.4, -0.2) is 70.1 Å². The normalized spacial score (nSPS) is 10.1. The van der Waals surface area contributed by atoms with E-state index in [1.807, 2.05) is 0 Å². The second-order valence-corrected chi connectivity index (χ2v) is 4.90. The van der Waals surface area contributed by atoms with Crippen LogP contribution in [-0.2, 0) is 101 Å². The van der Waals surface area contributed by atoms with Crippen molar-refractivity contribution >= 4 is 41.6 Å². The molecule has 0 aliphatic carbocycles. The zero-order chi connectivity index (χ0) is 18.0. The van der Waals surface area contributed by atoms with Crippen molar-refractivity contribution < 1.29 is 130 Å². The second kappa shape index (κ2) is 18.2. The van der Waals surface area contributed by atoms with Gasteiger partial charge in [-0.3, -0.25) is 33.7 Å². The molecule has 0 amide bonds. The first-order valence-corrected chi connectivity index (χ1v) is 8.00. The average Bonchev–Trinajstić information content (AvgIpc) is 1.62. The molecule has 0 aromatic heterocycles. The van der Waals surface area contributed by atoms with E-state index < -0.39 is 41.6 Å². The Morgan fingerprint density at radius 2 is 0.391 bits per heavy atom. The Balaban J connectivity index is -0.0000000284. The molecule has 23 heavy (non-hydrogen) atoms. The summed E-state index contributed by atoms with van der Waals surface area (Å²) in [6.07, 6.45) is 0. The molecule has 0 rings (SSSR count). The summed E-state index contributed by atoms with van der Waals surface area (Å²) in [5, 5.41) is 0. The van der Waals surface area contributed by atoms with Crippen molar-refractivity contribution in [3.63, 3.8) is 0 Å². The molecule has 0 spiro atoms. The molecule has 0 bridgehead atoms. The monoisotopic (exact) mass is 587 g/mol. The smallest absolute Gasteiger partial charge is 0.759 e. The predicted molar refractivity (Wildman–Crippen MR) is 41.9 cm³/mol. The summed E-state index contributed by atoms with van der Waals surface area (Å²) < 4.78 is 136. The summed E-state index contributed by atoms with van der Waals surface area (Å²) in [7, 11) is -20.7. The molecule has 0 saturated carbocycles. The van der Waals surface area contributed by atoms with Crippen molar-refractivity contribution in [2.45, 2.75) is 0 Å². The van der Waals surface area contributed by atoms with Gasteiger partial charge in [-0.05, 0) is 0 Å². The molecule has 0 atom stereocenters. The van der Waals surface area contributed by atoms with Crippen LogP contribution in [0, 0.1) is 0 Å². The van der Waals surface area contributed by atoms with Crippen LogP contribution in [0.2, 0.25) is 0 Å². The first kappa shape index (κ1) is 44.1. The van der Waals surface area contributed by atoms with Crippen molar-refractivity contribution in [3.8, 4) is 0 Å². The van der Waals surface area contributed by atoms with Crippen molar-refractivity contribution in [3.05, 3.63) is 0 Å². The molecule has 23 heteroatoms. The minimum absolute atomic E-state index is 0. The number of rotatable bonds is 0. The van der Waals surface area contributed by atoms with Crippen LogP contribution in [0.3, 0.4) is 0 Å². The van der Waals surface area contributed by atoms with Gasteiger partial charge in [0, 0.05) is 41.6 Å². The van der Waals surface area contributed by atoms with E-state index in [-0.39, 0.29) is 59.8 Å². The Morgan fingerprint density at radius 1 is 0.391 bits per heavy atom. The molecule has 0 aliphatic rings. The van der Waals surface area contributed by atoms with Crippen LogP contribution in [0.5, 0.6) is 0 Å². The van der Waals surface area contributed by atoms with E-state index in [9.17, 15) is 0 Å². The fraction of sp³-hybridized carbons (Fsp3) is 0. The third kappa shape index (κ3) is 5640. The maximum absolute atomic E-state index is 8.52. The van der Waals surface area contributed by atoms with Crippen LogP contribution in [0.15, 0.2) is 0 Å². The zero-order valence-electron chi connectivity index (χ0n) is 9.36. The Bertz CT molecular complexity index is 485. The first-order valence-electron chi connectivity index (χ1n) is 2.67. The molecule has 16 nitrogen and oxygen atoms in total. The Hall–Kier alpha value is 1.38. The van der Waals surface area contributed by atoms with E-state index in [4.69, 9.17) is 70.1 Å². The van der Waals surface area contributed by atoms with Gasteiger partial charge in [-0.25, -0.2) is 0 Å². The predicted octanol–water partition coefficient (Wildman–Crippen LogP) is -5.36. The van der Waals surface area contributed by atoms with Gasteiger partial charge < -0.3 is 36.4 Å². The minimum atomic E-state index is -5.17. The molecule has 0 saturated heterocycles. The number of hydrogen-bond donors (Lipinski definition) is 0. The van der Waals surface area contributed by atoms with Gasteiger partial charge in [-0.2, -0.15) is 0 Å². The molecule has 0 unspecified atom stereocenters. The SMILES string of the molecule is O=S(=O)([O-])[O-].O=S(=O)([O-])[O-].O=S(=O)([O-])[O-].O=S(=O)([O-])[O-].[Mn+2].[Ni+2].[Zr+4]. The van der Waals surface area contributed by atoms with Gasteiger partial charge in [-0.1, -0.05) is 0 Å². The molecule has 0 fully saturated rings. The van der Waals surface area contributed by atoms with Crippen LogP contribution in [0.1, 0.15) is 0 Å². The first-order chi connectivity index (χ1) is 8.00. The van der Waals surface area contributed by atoms with Crippen molar-refractivity contribution in [2.24, 2.45) is 0 Å². The fourth-order valence-electron chi connectivity index (χ4n) is 0. The fourth-order valence-corrected chi connectivity index (χ4v) is 0. The van der Waals surface area contributed by atoms with Crippen LogP contribution < -0.4 is 0 Å². The average molecular weight is 589 g/mol. The Labute approximate surface area is 170 Å². The summed E-state index contributed by atoms with van der Waals surface area (Å²) in [6, 6.07) is 0. The molecule has 0 aliphatic heterocycles. The third-order valence-corrected chi connectivity index (χ3v) is 0. The topological polar surface area (TPSA) is 321 Å². The second-order valence-electron chi connectivity index (χ2n) is 1.63. The maximum atomic E-state index is 8.52. The largest absolute Gasteiger partial charge is 4.00 e. The molecular weight excluding hydrogens is 589 g/mol. The van der Waals surface area contributed by atoms with E-state index >= 15 is 0 Å². The van der Waals surface area contributed by atoms with Crippen LogP contribution >= 0.6 is 0 Å².